The van der Waals surface area contributed by atoms with E-state index in [-0.39, 0.29) is 0 Å². The van der Waals surface area contributed by atoms with Crippen LogP contribution in [-0.2, 0) is 7.05 Å². The lowest BCUT2D eigenvalue weighted by molar-refractivity contribution is 0.691. The molecule has 0 spiro atoms. The fourth-order valence-corrected chi connectivity index (χ4v) is 3.57. The van der Waals surface area contributed by atoms with E-state index < -0.39 is 0 Å². The number of nitrogens with zero attached hydrogens (tertiary/aromatic N) is 2. The van der Waals surface area contributed by atoms with Crippen molar-refractivity contribution in [3.05, 3.63) is 47.7 Å². The number of thioether (sulfide) groups is 1. The Balaban J connectivity index is 2.02. The van der Waals surface area contributed by atoms with Gasteiger partial charge in [0.05, 0.1) is 10.7 Å². The van der Waals surface area contributed by atoms with Crippen molar-refractivity contribution in [2.75, 3.05) is 11.5 Å². The SMILES string of the molecule is Cc1cc(SCC(CS)c2ccccc2)n(C)n1. The van der Waals surface area contributed by atoms with Crippen LogP contribution in [-0.4, -0.2) is 21.3 Å². The summed E-state index contributed by atoms with van der Waals surface area (Å²) in [6.45, 7) is 2.03. The lowest BCUT2D eigenvalue weighted by atomic mass is 10.0. The van der Waals surface area contributed by atoms with Crippen molar-refractivity contribution in [2.45, 2.75) is 17.9 Å². The topological polar surface area (TPSA) is 17.8 Å². The summed E-state index contributed by atoms with van der Waals surface area (Å²) >= 11 is 6.32. The van der Waals surface area contributed by atoms with Crippen LogP contribution < -0.4 is 0 Å². The number of rotatable bonds is 5. The second-order valence-corrected chi connectivity index (χ2v) is 5.75. The minimum absolute atomic E-state index is 0.481. The Morgan fingerprint density at radius 3 is 2.61 bits per heavy atom. The first-order chi connectivity index (χ1) is 8.70. The highest BCUT2D eigenvalue weighted by Gasteiger charge is 2.11. The van der Waals surface area contributed by atoms with E-state index in [2.05, 4.69) is 54.1 Å². The fourth-order valence-electron chi connectivity index (χ4n) is 1.89. The zero-order chi connectivity index (χ0) is 13.0. The van der Waals surface area contributed by atoms with Crippen molar-refractivity contribution in [3.63, 3.8) is 0 Å². The van der Waals surface area contributed by atoms with Gasteiger partial charge in [-0.25, -0.2) is 0 Å². The van der Waals surface area contributed by atoms with Gasteiger partial charge in [-0.1, -0.05) is 30.3 Å². The molecule has 0 bridgehead atoms. The molecule has 0 N–H and O–H groups in total. The molecular formula is C14H18N2S2. The Morgan fingerprint density at radius 2 is 2.06 bits per heavy atom. The van der Waals surface area contributed by atoms with Crippen LogP contribution in [0.1, 0.15) is 17.2 Å². The highest BCUT2D eigenvalue weighted by molar-refractivity contribution is 7.99. The molecule has 2 aromatic rings. The molecule has 2 nitrogen and oxygen atoms in total. The molecule has 0 saturated carbocycles. The molecule has 18 heavy (non-hydrogen) atoms. The van der Waals surface area contributed by atoms with Gasteiger partial charge in [0.15, 0.2) is 0 Å². The van der Waals surface area contributed by atoms with Crippen molar-refractivity contribution in [1.82, 2.24) is 9.78 Å². The quantitative estimate of drug-likeness (QED) is 0.666. The van der Waals surface area contributed by atoms with Gasteiger partial charge >= 0.3 is 0 Å². The first kappa shape index (κ1) is 13.6. The van der Waals surface area contributed by atoms with Gasteiger partial charge in [-0.15, -0.1) is 11.8 Å². The molecule has 1 atom stereocenters. The average Bonchev–Trinajstić information content (AvgIpc) is 2.70. The largest absolute Gasteiger partial charge is 0.262 e. The van der Waals surface area contributed by atoms with Crippen LogP contribution in [0.15, 0.2) is 41.4 Å². The van der Waals surface area contributed by atoms with E-state index in [0.717, 1.165) is 17.2 Å². The predicted molar refractivity (Wildman–Crippen MR) is 81.7 cm³/mol. The first-order valence-corrected chi connectivity index (χ1v) is 7.61. The second kappa shape index (κ2) is 6.34. The van der Waals surface area contributed by atoms with Gasteiger partial charge in [-0.2, -0.15) is 17.7 Å². The van der Waals surface area contributed by atoms with Crippen molar-refractivity contribution in [2.24, 2.45) is 7.05 Å². The third kappa shape index (κ3) is 3.33. The maximum atomic E-state index is 4.47. The molecule has 1 heterocycles. The van der Waals surface area contributed by atoms with E-state index in [1.165, 1.54) is 10.6 Å². The van der Waals surface area contributed by atoms with E-state index in [9.17, 15) is 0 Å². The molecular weight excluding hydrogens is 260 g/mol. The smallest absolute Gasteiger partial charge is 0.0939 e. The average molecular weight is 278 g/mol. The molecule has 1 aromatic carbocycles. The van der Waals surface area contributed by atoms with Crippen molar-refractivity contribution in [1.29, 1.82) is 0 Å². The molecule has 0 aliphatic rings. The molecule has 0 radical (unpaired) electrons. The minimum atomic E-state index is 0.481. The molecule has 2 rings (SSSR count). The highest BCUT2D eigenvalue weighted by atomic mass is 32.2. The summed E-state index contributed by atoms with van der Waals surface area (Å²) in [4.78, 5) is 0. The lowest BCUT2D eigenvalue weighted by Gasteiger charge is -2.14. The van der Waals surface area contributed by atoms with Gasteiger partial charge in [0.2, 0.25) is 0 Å². The molecule has 96 valence electrons. The minimum Gasteiger partial charge on any atom is -0.262 e. The molecule has 0 fully saturated rings. The monoisotopic (exact) mass is 278 g/mol. The highest BCUT2D eigenvalue weighted by Crippen LogP contribution is 2.27. The summed E-state index contributed by atoms with van der Waals surface area (Å²) in [5.41, 5.74) is 2.43. The summed E-state index contributed by atoms with van der Waals surface area (Å²) in [7, 11) is 1.99. The number of aromatic nitrogens is 2. The van der Waals surface area contributed by atoms with Gasteiger partial charge in [-0.05, 0) is 24.3 Å². The van der Waals surface area contributed by atoms with Crippen LogP contribution in [0.3, 0.4) is 0 Å². The van der Waals surface area contributed by atoms with Crippen molar-refractivity contribution < 1.29 is 0 Å². The maximum Gasteiger partial charge on any atom is 0.0939 e. The molecule has 4 heteroatoms. The molecule has 0 aliphatic heterocycles. The summed E-state index contributed by atoms with van der Waals surface area (Å²) in [5.74, 6) is 2.38. The Bertz CT molecular complexity index is 494. The molecule has 1 aromatic heterocycles. The lowest BCUT2D eigenvalue weighted by Crippen LogP contribution is -2.04. The van der Waals surface area contributed by atoms with Crippen LogP contribution in [0, 0.1) is 6.92 Å². The molecule has 0 saturated heterocycles. The normalized spacial score (nSPS) is 12.6. The third-order valence-electron chi connectivity index (χ3n) is 2.88. The van der Waals surface area contributed by atoms with E-state index in [1.54, 1.807) is 0 Å². The van der Waals surface area contributed by atoms with Crippen LogP contribution in [0.2, 0.25) is 0 Å². The van der Waals surface area contributed by atoms with Gasteiger partial charge in [-0.3, -0.25) is 4.68 Å². The van der Waals surface area contributed by atoms with Crippen LogP contribution in [0.25, 0.3) is 0 Å². The Labute approximate surface area is 118 Å². The Morgan fingerprint density at radius 1 is 1.33 bits per heavy atom. The van der Waals surface area contributed by atoms with E-state index in [0.29, 0.717) is 5.92 Å². The second-order valence-electron chi connectivity index (χ2n) is 4.35. The zero-order valence-electron chi connectivity index (χ0n) is 10.7. The van der Waals surface area contributed by atoms with Gasteiger partial charge < -0.3 is 0 Å². The number of hydrogen-bond acceptors (Lipinski definition) is 3. The maximum absolute atomic E-state index is 4.47. The first-order valence-electron chi connectivity index (χ1n) is 6.00. The van der Waals surface area contributed by atoms with Crippen LogP contribution in [0.5, 0.6) is 0 Å². The predicted octanol–water partition coefficient (Wildman–Crippen LogP) is 3.53. The van der Waals surface area contributed by atoms with Gasteiger partial charge in [0.25, 0.3) is 0 Å². The van der Waals surface area contributed by atoms with Crippen LogP contribution >= 0.6 is 24.4 Å². The van der Waals surface area contributed by atoms with Gasteiger partial charge in [0, 0.05) is 18.7 Å². The van der Waals surface area contributed by atoms with E-state index in [4.69, 9.17) is 0 Å². The summed E-state index contributed by atoms with van der Waals surface area (Å²) < 4.78 is 1.95. The Kier molecular flexibility index (Phi) is 4.78. The Hall–Kier alpha value is -0.870. The van der Waals surface area contributed by atoms with Gasteiger partial charge in [0.1, 0.15) is 0 Å². The van der Waals surface area contributed by atoms with E-state index >= 15 is 0 Å². The van der Waals surface area contributed by atoms with Crippen LogP contribution in [0.4, 0.5) is 0 Å². The molecule has 0 amide bonds. The van der Waals surface area contributed by atoms with E-state index in [1.807, 2.05) is 30.4 Å². The van der Waals surface area contributed by atoms with Crippen molar-refractivity contribution >= 4 is 24.4 Å². The number of benzene rings is 1. The summed E-state index contributed by atoms with van der Waals surface area (Å²) in [5, 5.41) is 5.58. The summed E-state index contributed by atoms with van der Waals surface area (Å²) in [6, 6.07) is 12.7. The number of hydrogen-bond donors (Lipinski definition) is 1. The number of thiol groups is 1. The fraction of sp³-hybridized carbons (Fsp3) is 0.357. The molecule has 0 aliphatic carbocycles. The van der Waals surface area contributed by atoms with Crippen molar-refractivity contribution in [3.8, 4) is 0 Å². The summed E-state index contributed by atoms with van der Waals surface area (Å²) in [6.07, 6.45) is 0. The zero-order valence-corrected chi connectivity index (χ0v) is 12.4. The molecule has 1 unspecified atom stereocenters. The standard InChI is InChI=1S/C14H18N2S2/c1-11-8-14(16(2)15-11)18-10-13(9-17)12-6-4-3-5-7-12/h3-8,13,17H,9-10H2,1-2H3. The third-order valence-corrected chi connectivity index (χ3v) is 4.57. The number of aryl methyl sites for hydroxylation is 2.